The summed E-state index contributed by atoms with van der Waals surface area (Å²) in [6, 6.07) is 11.8. The molecule has 0 N–H and O–H groups in total. The molecule has 0 radical (unpaired) electrons. The highest BCUT2D eigenvalue weighted by Crippen LogP contribution is 2.32. The molecule has 0 unspecified atom stereocenters. The van der Waals surface area contributed by atoms with E-state index in [2.05, 4.69) is 9.97 Å². The molecule has 8 nitrogen and oxygen atoms in total. The summed E-state index contributed by atoms with van der Waals surface area (Å²) in [4.78, 5) is 24.0. The fourth-order valence-corrected chi connectivity index (χ4v) is 5.34. The first-order chi connectivity index (χ1) is 15.9. The number of nitrogens with zero attached hydrogens (tertiary/aromatic N) is 4. The van der Waals surface area contributed by atoms with Crippen molar-refractivity contribution >= 4 is 42.4 Å². The number of imidazole rings is 1. The Kier molecular flexibility index (Phi) is 6.75. The zero-order valence-corrected chi connectivity index (χ0v) is 20.0. The second-order valence-electron chi connectivity index (χ2n) is 7.37. The molecule has 0 aliphatic heterocycles. The van der Waals surface area contributed by atoms with E-state index in [4.69, 9.17) is 4.74 Å². The Morgan fingerprint density at radius 2 is 2.06 bits per heavy atom. The van der Waals surface area contributed by atoms with Crippen LogP contribution in [-0.4, -0.2) is 48.3 Å². The molecule has 0 aliphatic rings. The van der Waals surface area contributed by atoms with Crippen molar-refractivity contribution in [3.8, 4) is 5.75 Å². The molecule has 172 valence electrons. The minimum Gasteiger partial charge on any atom is -0.497 e. The molecule has 4 aromatic rings. The molecule has 0 atom stereocenters. The van der Waals surface area contributed by atoms with Gasteiger partial charge in [-0.3, -0.25) is 9.69 Å². The molecule has 1 amide bonds. The largest absolute Gasteiger partial charge is 0.497 e. The molecule has 33 heavy (non-hydrogen) atoms. The number of thiazole rings is 1. The van der Waals surface area contributed by atoms with Crippen LogP contribution in [-0.2, 0) is 16.4 Å². The zero-order valence-electron chi connectivity index (χ0n) is 18.3. The number of fused-ring (bicyclic) bond motifs is 1. The first-order valence-electron chi connectivity index (χ1n) is 10.5. The Bertz CT molecular complexity index is 1360. The molecule has 0 saturated carbocycles. The van der Waals surface area contributed by atoms with Crippen LogP contribution >= 0.6 is 11.3 Å². The number of anilines is 1. The van der Waals surface area contributed by atoms with E-state index < -0.39 is 9.84 Å². The molecule has 0 saturated heterocycles. The maximum absolute atomic E-state index is 13.6. The number of methoxy groups -OCH3 is 1. The van der Waals surface area contributed by atoms with Crippen molar-refractivity contribution in [1.29, 1.82) is 0 Å². The number of rotatable bonds is 9. The summed E-state index contributed by atoms with van der Waals surface area (Å²) in [6.45, 7) is 2.69. The van der Waals surface area contributed by atoms with Gasteiger partial charge in [0.15, 0.2) is 15.0 Å². The third-order valence-electron chi connectivity index (χ3n) is 5.24. The van der Waals surface area contributed by atoms with Crippen LogP contribution in [0.4, 0.5) is 5.13 Å². The maximum Gasteiger partial charge on any atom is 0.260 e. The van der Waals surface area contributed by atoms with Gasteiger partial charge in [-0.15, -0.1) is 0 Å². The SMILES string of the molecule is CCS(=O)(=O)c1cccc(C(=O)N(CCCn2ccnc2)c2nc3ccc(OC)cc3s2)c1. The first kappa shape index (κ1) is 22.9. The Morgan fingerprint density at radius 1 is 1.21 bits per heavy atom. The number of aromatic nitrogens is 3. The van der Waals surface area contributed by atoms with Crippen LogP contribution in [0.2, 0.25) is 0 Å². The van der Waals surface area contributed by atoms with Gasteiger partial charge in [0, 0.05) is 31.0 Å². The molecule has 2 aromatic heterocycles. The third-order valence-corrected chi connectivity index (χ3v) is 8.01. The molecule has 0 bridgehead atoms. The molecular weight excluding hydrogens is 460 g/mol. The van der Waals surface area contributed by atoms with Gasteiger partial charge in [0.2, 0.25) is 0 Å². The van der Waals surface area contributed by atoms with E-state index in [1.807, 2.05) is 29.0 Å². The Morgan fingerprint density at radius 3 is 2.79 bits per heavy atom. The molecule has 0 fully saturated rings. The van der Waals surface area contributed by atoms with Crippen molar-refractivity contribution in [2.24, 2.45) is 0 Å². The number of sulfone groups is 1. The van der Waals surface area contributed by atoms with Crippen LogP contribution in [0.25, 0.3) is 10.2 Å². The standard InChI is InChI=1S/C23H24N4O4S2/c1-3-33(29,30)19-7-4-6-17(14-19)22(28)27(12-5-11-26-13-10-24-16-26)23-25-20-9-8-18(31-2)15-21(20)32-23/h4,6-10,13-16H,3,5,11-12H2,1-2H3. The molecule has 4 rings (SSSR count). The molecule has 2 heterocycles. The summed E-state index contributed by atoms with van der Waals surface area (Å²) in [7, 11) is -1.82. The molecular formula is C23H24N4O4S2. The molecule has 10 heteroatoms. The summed E-state index contributed by atoms with van der Waals surface area (Å²) in [5.41, 5.74) is 1.08. The number of hydrogen-bond acceptors (Lipinski definition) is 7. The first-order valence-corrected chi connectivity index (χ1v) is 12.9. The highest BCUT2D eigenvalue weighted by atomic mass is 32.2. The lowest BCUT2D eigenvalue weighted by Gasteiger charge is -2.20. The molecule has 0 spiro atoms. The van der Waals surface area contributed by atoms with E-state index in [0.717, 1.165) is 10.2 Å². The van der Waals surface area contributed by atoms with Gasteiger partial charge in [0.1, 0.15) is 5.75 Å². The van der Waals surface area contributed by atoms with Gasteiger partial charge < -0.3 is 9.30 Å². The van der Waals surface area contributed by atoms with Gasteiger partial charge in [-0.1, -0.05) is 24.3 Å². The van der Waals surface area contributed by atoms with E-state index in [9.17, 15) is 13.2 Å². The van der Waals surface area contributed by atoms with Gasteiger partial charge in [0.05, 0.1) is 34.3 Å². The van der Waals surface area contributed by atoms with Crippen molar-refractivity contribution in [3.05, 3.63) is 66.7 Å². The van der Waals surface area contributed by atoms with E-state index in [0.29, 0.717) is 36.0 Å². The van der Waals surface area contributed by atoms with Gasteiger partial charge in [-0.05, 0) is 42.8 Å². The zero-order chi connectivity index (χ0) is 23.4. The number of benzene rings is 2. The average molecular weight is 485 g/mol. The van der Waals surface area contributed by atoms with Crippen LogP contribution in [0, 0.1) is 0 Å². The summed E-state index contributed by atoms with van der Waals surface area (Å²) in [5.74, 6) is 0.395. The number of carbonyl (C=O) groups is 1. The number of ether oxygens (including phenoxy) is 1. The van der Waals surface area contributed by atoms with Crippen molar-refractivity contribution in [3.63, 3.8) is 0 Å². The van der Waals surface area contributed by atoms with E-state index >= 15 is 0 Å². The van der Waals surface area contributed by atoms with E-state index in [-0.39, 0.29) is 16.6 Å². The molecule has 0 aliphatic carbocycles. The number of amides is 1. The van der Waals surface area contributed by atoms with Crippen LogP contribution in [0.1, 0.15) is 23.7 Å². The second kappa shape index (κ2) is 9.72. The van der Waals surface area contributed by atoms with Crippen LogP contribution in [0.5, 0.6) is 5.75 Å². The number of carbonyl (C=O) groups excluding carboxylic acids is 1. The predicted molar refractivity (Wildman–Crippen MR) is 129 cm³/mol. The fourth-order valence-electron chi connectivity index (χ4n) is 3.39. The summed E-state index contributed by atoms with van der Waals surface area (Å²) in [6.07, 6.45) is 5.99. The summed E-state index contributed by atoms with van der Waals surface area (Å²) in [5, 5.41) is 0.553. The Labute approximate surface area is 196 Å². The topological polar surface area (TPSA) is 94.4 Å². The minimum absolute atomic E-state index is 0.0288. The third kappa shape index (κ3) is 5.07. The maximum atomic E-state index is 13.6. The van der Waals surface area contributed by atoms with Crippen LogP contribution < -0.4 is 9.64 Å². The monoisotopic (exact) mass is 484 g/mol. The van der Waals surface area contributed by atoms with Gasteiger partial charge in [-0.25, -0.2) is 18.4 Å². The van der Waals surface area contributed by atoms with Crippen molar-refractivity contribution in [2.45, 2.75) is 24.8 Å². The lowest BCUT2D eigenvalue weighted by atomic mass is 10.2. The minimum atomic E-state index is -3.43. The lowest BCUT2D eigenvalue weighted by Crippen LogP contribution is -2.32. The van der Waals surface area contributed by atoms with Gasteiger partial charge in [-0.2, -0.15) is 0 Å². The van der Waals surface area contributed by atoms with E-state index in [1.54, 1.807) is 43.6 Å². The second-order valence-corrected chi connectivity index (χ2v) is 10.7. The van der Waals surface area contributed by atoms with E-state index in [1.165, 1.54) is 23.5 Å². The normalized spacial score (nSPS) is 11.6. The van der Waals surface area contributed by atoms with Crippen LogP contribution in [0.15, 0.2) is 66.1 Å². The van der Waals surface area contributed by atoms with Crippen molar-refractivity contribution in [2.75, 3.05) is 24.3 Å². The summed E-state index contributed by atoms with van der Waals surface area (Å²) >= 11 is 1.40. The van der Waals surface area contributed by atoms with Gasteiger partial charge >= 0.3 is 0 Å². The highest BCUT2D eigenvalue weighted by Gasteiger charge is 2.23. The van der Waals surface area contributed by atoms with Crippen molar-refractivity contribution in [1.82, 2.24) is 14.5 Å². The quantitative estimate of drug-likeness (QED) is 0.356. The number of aryl methyl sites for hydroxylation is 1. The summed E-state index contributed by atoms with van der Waals surface area (Å²) < 4.78 is 32.8. The highest BCUT2D eigenvalue weighted by molar-refractivity contribution is 7.91. The lowest BCUT2D eigenvalue weighted by molar-refractivity contribution is 0.0986. The van der Waals surface area contributed by atoms with Crippen LogP contribution in [0.3, 0.4) is 0 Å². The Balaban J connectivity index is 1.67. The fraction of sp³-hybridized carbons (Fsp3) is 0.261. The smallest absolute Gasteiger partial charge is 0.260 e. The number of hydrogen-bond donors (Lipinski definition) is 0. The van der Waals surface area contributed by atoms with Crippen molar-refractivity contribution < 1.29 is 17.9 Å². The van der Waals surface area contributed by atoms with Gasteiger partial charge in [0.25, 0.3) is 5.91 Å². The predicted octanol–water partition coefficient (Wildman–Crippen LogP) is 4.03. The molecule has 2 aromatic carbocycles. The Hall–Kier alpha value is -3.24. The average Bonchev–Trinajstić information content (AvgIpc) is 3.50.